The normalized spacial score (nSPS) is 25.3. The van der Waals surface area contributed by atoms with Crippen molar-refractivity contribution >= 4 is 0 Å². The van der Waals surface area contributed by atoms with Crippen LogP contribution in [-0.2, 0) is 6.42 Å². The van der Waals surface area contributed by atoms with E-state index >= 15 is 0 Å². The molecule has 0 heterocycles. The van der Waals surface area contributed by atoms with Crippen LogP contribution >= 0.6 is 0 Å². The lowest BCUT2D eigenvalue weighted by molar-refractivity contribution is 0.306. The van der Waals surface area contributed by atoms with Gasteiger partial charge in [-0.2, -0.15) is 0 Å². The monoisotopic (exact) mass is 253 g/mol. The molecular weight excluding hydrogens is 232 g/mol. The van der Waals surface area contributed by atoms with Crippen LogP contribution in [0.15, 0.2) is 18.2 Å². The van der Waals surface area contributed by atoms with E-state index in [2.05, 4.69) is 12.2 Å². The van der Waals surface area contributed by atoms with Crippen molar-refractivity contribution in [3.63, 3.8) is 0 Å². The molecule has 1 aromatic carbocycles. The summed E-state index contributed by atoms with van der Waals surface area (Å²) < 4.78 is 26.8. The van der Waals surface area contributed by atoms with Crippen molar-refractivity contribution in [2.24, 2.45) is 11.8 Å². The smallest absolute Gasteiger partial charge is 0.126 e. The van der Waals surface area contributed by atoms with Gasteiger partial charge >= 0.3 is 0 Å². The van der Waals surface area contributed by atoms with Gasteiger partial charge in [-0.25, -0.2) is 8.78 Å². The maximum atomic E-state index is 13.7. The van der Waals surface area contributed by atoms with E-state index in [9.17, 15) is 8.78 Å². The third-order valence-electron chi connectivity index (χ3n) is 4.26. The molecule has 0 saturated heterocycles. The van der Waals surface area contributed by atoms with E-state index in [4.69, 9.17) is 0 Å². The third kappa shape index (κ3) is 2.89. The number of rotatable bonds is 4. The molecule has 1 saturated carbocycles. The molecule has 3 atom stereocenters. The molecule has 1 N–H and O–H groups in total. The van der Waals surface area contributed by atoms with Gasteiger partial charge in [0.05, 0.1) is 0 Å². The highest BCUT2D eigenvalue weighted by atomic mass is 19.1. The number of likely N-dealkylation sites (N-methyl/N-ethyl adjacent to an activating group) is 1. The van der Waals surface area contributed by atoms with Gasteiger partial charge in [-0.15, -0.1) is 0 Å². The van der Waals surface area contributed by atoms with Gasteiger partial charge in [-0.3, -0.25) is 0 Å². The molecular formula is C15H21F2N. The van der Waals surface area contributed by atoms with Gasteiger partial charge in [0.1, 0.15) is 11.6 Å². The fraction of sp³-hybridized carbons (Fsp3) is 0.600. The van der Waals surface area contributed by atoms with E-state index < -0.39 is 0 Å². The predicted octanol–water partition coefficient (Wildman–Crippen LogP) is 3.53. The van der Waals surface area contributed by atoms with E-state index in [1.54, 1.807) is 0 Å². The Kier molecular flexibility index (Phi) is 4.33. The summed E-state index contributed by atoms with van der Waals surface area (Å²) in [6.45, 7) is 2.25. The van der Waals surface area contributed by atoms with Crippen molar-refractivity contribution in [1.29, 1.82) is 0 Å². The van der Waals surface area contributed by atoms with Gasteiger partial charge in [-0.05, 0) is 55.5 Å². The van der Waals surface area contributed by atoms with Gasteiger partial charge in [0.2, 0.25) is 0 Å². The highest BCUT2D eigenvalue weighted by Gasteiger charge is 2.30. The van der Waals surface area contributed by atoms with Crippen LogP contribution in [0.1, 0.15) is 31.7 Å². The SMILES string of the molecule is CNC(Cc1cc(F)ccc1F)C1CCCC1C. The van der Waals surface area contributed by atoms with Crippen LogP contribution in [0.25, 0.3) is 0 Å². The molecule has 0 amide bonds. The van der Waals surface area contributed by atoms with E-state index in [1.807, 2.05) is 7.05 Å². The van der Waals surface area contributed by atoms with Crippen molar-refractivity contribution in [1.82, 2.24) is 5.32 Å². The zero-order valence-corrected chi connectivity index (χ0v) is 11.0. The van der Waals surface area contributed by atoms with E-state index in [1.165, 1.54) is 37.5 Å². The summed E-state index contributed by atoms with van der Waals surface area (Å²) in [5.74, 6) is 0.569. The average molecular weight is 253 g/mol. The number of halogens is 2. The van der Waals surface area contributed by atoms with Crippen molar-refractivity contribution in [2.75, 3.05) is 7.05 Å². The Morgan fingerprint density at radius 1 is 1.33 bits per heavy atom. The minimum absolute atomic E-state index is 0.235. The first kappa shape index (κ1) is 13.5. The summed E-state index contributed by atoms with van der Waals surface area (Å²) in [7, 11) is 1.91. The highest BCUT2D eigenvalue weighted by Crippen LogP contribution is 2.34. The van der Waals surface area contributed by atoms with Crippen molar-refractivity contribution in [2.45, 2.75) is 38.6 Å². The lowest BCUT2D eigenvalue weighted by atomic mass is 9.86. The van der Waals surface area contributed by atoms with E-state index in [0.29, 0.717) is 23.8 Å². The molecule has 1 aromatic rings. The minimum atomic E-state index is -0.360. The number of benzene rings is 1. The Labute approximate surface area is 108 Å². The van der Waals surface area contributed by atoms with Gasteiger partial charge in [-0.1, -0.05) is 19.8 Å². The molecule has 1 fully saturated rings. The van der Waals surface area contributed by atoms with Crippen LogP contribution in [0.4, 0.5) is 8.78 Å². The van der Waals surface area contributed by atoms with Crippen LogP contribution in [0.2, 0.25) is 0 Å². The largest absolute Gasteiger partial charge is 0.316 e. The Morgan fingerprint density at radius 2 is 2.11 bits per heavy atom. The first-order valence-corrected chi connectivity index (χ1v) is 6.73. The molecule has 0 radical (unpaired) electrons. The molecule has 18 heavy (non-hydrogen) atoms. The number of hydrogen-bond donors (Lipinski definition) is 1. The first-order valence-electron chi connectivity index (χ1n) is 6.73. The lowest BCUT2D eigenvalue weighted by Gasteiger charge is -2.27. The van der Waals surface area contributed by atoms with E-state index in [0.717, 1.165) is 0 Å². The molecule has 1 aliphatic rings. The summed E-state index contributed by atoms with van der Waals surface area (Å²) in [5, 5.41) is 3.28. The third-order valence-corrected chi connectivity index (χ3v) is 4.26. The molecule has 100 valence electrons. The van der Waals surface area contributed by atoms with Gasteiger partial charge in [0, 0.05) is 6.04 Å². The molecule has 1 nitrogen and oxygen atoms in total. The van der Waals surface area contributed by atoms with Crippen LogP contribution in [-0.4, -0.2) is 13.1 Å². The van der Waals surface area contributed by atoms with Crippen LogP contribution < -0.4 is 5.32 Å². The molecule has 1 aliphatic carbocycles. The lowest BCUT2D eigenvalue weighted by Crippen LogP contribution is -2.37. The van der Waals surface area contributed by atoms with Crippen LogP contribution in [0.3, 0.4) is 0 Å². The van der Waals surface area contributed by atoms with Crippen LogP contribution in [0.5, 0.6) is 0 Å². The quantitative estimate of drug-likeness (QED) is 0.865. The second-order valence-electron chi connectivity index (χ2n) is 5.41. The zero-order valence-electron chi connectivity index (χ0n) is 11.0. The topological polar surface area (TPSA) is 12.0 Å². The number of hydrogen-bond acceptors (Lipinski definition) is 1. The maximum Gasteiger partial charge on any atom is 0.126 e. The van der Waals surface area contributed by atoms with E-state index in [-0.39, 0.29) is 17.7 Å². The summed E-state index contributed by atoms with van der Waals surface area (Å²) in [5.41, 5.74) is 0.480. The molecule has 3 unspecified atom stereocenters. The van der Waals surface area contributed by atoms with Crippen molar-refractivity contribution in [3.05, 3.63) is 35.4 Å². The molecule has 0 spiro atoms. The fourth-order valence-corrected chi connectivity index (χ4v) is 3.18. The summed E-state index contributed by atoms with van der Waals surface area (Å²) in [6.07, 6.45) is 4.24. The van der Waals surface area contributed by atoms with Gasteiger partial charge < -0.3 is 5.32 Å². The fourth-order valence-electron chi connectivity index (χ4n) is 3.18. The summed E-state index contributed by atoms with van der Waals surface area (Å²) in [4.78, 5) is 0. The zero-order chi connectivity index (χ0) is 13.1. The Hall–Kier alpha value is -0.960. The molecule has 0 aliphatic heterocycles. The Balaban J connectivity index is 2.12. The van der Waals surface area contributed by atoms with Crippen molar-refractivity contribution in [3.8, 4) is 0 Å². The second-order valence-corrected chi connectivity index (χ2v) is 5.41. The molecule has 3 heteroatoms. The Morgan fingerprint density at radius 3 is 2.72 bits per heavy atom. The number of nitrogens with one attached hydrogen (secondary N) is 1. The second kappa shape index (κ2) is 5.79. The van der Waals surface area contributed by atoms with Crippen molar-refractivity contribution < 1.29 is 8.78 Å². The van der Waals surface area contributed by atoms with Gasteiger partial charge in [0.15, 0.2) is 0 Å². The molecule has 2 rings (SSSR count). The summed E-state index contributed by atoms with van der Waals surface area (Å²) >= 11 is 0. The first-order chi connectivity index (χ1) is 8.61. The molecule has 0 aromatic heterocycles. The van der Waals surface area contributed by atoms with Crippen LogP contribution in [0, 0.1) is 23.5 Å². The highest BCUT2D eigenvalue weighted by molar-refractivity contribution is 5.20. The maximum absolute atomic E-state index is 13.7. The average Bonchev–Trinajstić information content (AvgIpc) is 2.77. The molecule has 0 bridgehead atoms. The predicted molar refractivity (Wildman–Crippen MR) is 69.4 cm³/mol. The Bertz CT molecular complexity index is 405. The van der Waals surface area contributed by atoms with Gasteiger partial charge in [0.25, 0.3) is 0 Å². The summed E-state index contributed by atoms with van der Waals surface area (Å²) in [6, 6.07) is 3.94. The standard InChI is InChI=1S/C15H21F2N/c1-10-4-3-5-13(10)15(18-2)9-11-8-12(16)6-7-14(11)17/h6-8,10,13,15,18H,3-5,9H2,1-2H3. The minimum Gasteiger partial charge on any atom is -0.316 e.